The normalized spacial score (nSPS) is 16.5. The molecule has 3 atom stereocenters. The highest BCUT2D eigenvalue weighted by molar-refractivity contribution is 5.77. The number of hydrogen-bond acceptors (Lipinski definition) is 4. The molecule has 180 valence electrons. The molecule has 0 rings (SSSR count). The third kappa shape index (κ3) is 8.63. The quantitative estimate of drug-likeness (QED) is 0.179. The zero-order valence-electron chi connectivity index (χ0n) is 19.8. The largest absolute Gasteiger partial charge is 0.544 e. The Labute approximate surface area is 187 Å². The second kappa shape index (κ2) is 15.8. The molecule has 31 heavy (non-hydrogen) atoms. The molecule has 0 aliphatic carbocycles. The molecule has 0 aromatic heterocycles. The standard InChI is InChI=1S/C24H43NO6/c1-5-9-10-11-12-13-14-15-16-17-18-25(19(6-2)22(26)27,20(7-3)23(28)29)21(8-4)24(30)31/h10-11,19-21H,5-9,12-18H2,1-4H3,(H2-,26,27,28,29,30,31)/b11-10+. The van der Waals surface area contributed by atoms with Crippen LogP contribution in [0.1, 0.15) is 98.3 Å². The number of carbonyl (C=O) groups excluding carboxylic acids is 1. The van der Waals surface area contributed by atoms with Gasteiger partial charge in [-0.05, 0) is 32.1 Å². The summed E-state index contributed by atoms with van der Waals surface area (Å²) in [5.41, 5.74) is 0. The number of nitrogens with zero attached hydrogens (tertiary/aromatic N) is 1. The molecule has 0 radical (unpaired) electrons. The van der Waals surface area contributed by atoms with Gasteiger partial charge in [-0.2, -0.15) is 0 Å². The third-order valence-corrected chi connectivity index (χ3v) is 6.28. The van der Waals surface area contributed by atoms with Gasteiger partial charge in [-0.25, -0.2) is 9.59 Å². The molecule has 0 bridgehead atoms. The van der Waals surface area contributed by atoms with Crippen molar-refractivity contribution < 1.29 is 34.2 Å². The molecule has 0 aromatic rings. The van der Waals surface area contributed by atoms with E-state index in [1.807, 2.05) is 0 Å². The summed E-state index contributed by atoms with van der Waals surface area (Å²) in [5, 5.41) is 31.8. The van der Waals surface area contributed by atoms with Gasteiger partial charge in [0.1, 0.15) is 6.04 Å². The van der Waals surface area contributed by atoms with Crippen LogP contribution >= 0.6 is 0 Å². The topological polar surface area (TPSA) is 115 Å². The van der Waals surface area contributed by atoms with Crippen molar-refractivity contribution in [1.29, 1.82) is 0 Å². The number of quaternary nitrogens is 1. The minimum Gasteiger partial charge on any atom is -0.544 e. The van der Waals surface area contributed by atoms with E-state index in [-0.39, 0.29) is 25.8 Å². The van der Waals surface area contributed by atoms with Crippen LogP contribution in [0.5, 0.6) is 0 Å². The Hall–Kier alpha value is -1.89. The lowest BCUT2D eigenvalue weighted by molar-refractivity contribution is -0.974. The van der Waals surface area contributed by atoms with Crippen LogP contribution in [0.15, 0.2) is 12.2 Å². The molecule has 2 N–H and O–H groups in total. The van der Waals surface area contributed by atoms with Crippen molar-refractivity contribution in [1.82, 2.24) is 0 Å². The van der Waals surface area contributed by atoms with Crippen LogP contribution in [0.4, 0.5) is 0 Å². The fourth-order valence-electron chi connectivity index (χ4n) is 4.84. The van der Waals surface area contributed by atoms with Crippen molar-refractivity contribution in [3.8, 4) is 0 Å². The molecule has 0 fully saturated rings. The Bertz CT molecular complexity index is 519. The summed E-state index contributed by atoms with van der Waals surface area (Å²) in [6.45, 7) is 7.36. The van der Waals surface area contributed by atoms with Crippen molar-refractivity contribution in [3.63, 3.8) is 0 Å². The lowest BCUT2D eigenvalue weighted by Crippen LogP contribution is -2.73. The van der Waals surface area contributed by atoms with Crippen LogP contribution in [0.2, 0.25) is 0 Å². The van der Waals surface area contributed by atoms with Crippen molar-refractivity contribution in [2.24, 2.45) is 0 Å². The highest BCUT2D eigenvalue weighted by Gasteiger charge is 2.53. The number of allylic oxidation sites excluding steroid dienone is 2. The third-order valence-electron chi connectivity index (χ3n) is 6.28. The Morgan fingerprint density at radius 1 is 0.742 bits per heavy atom. The second-order valence-electron chi connectivity index (χ2n) is 8.30. The van der Waals surface area contributed by atoms with E-state index in [0.717, 1.165) is 44.9 Å². The Balaban J connectivity index is 5.49. The van der Waals surface area contributed by atoms with E-state index in [1.165, 1.54) is 0 Å². The van der Waals surface area contributed by atoms with Gasteiger partial charge < -0.3 is 20.1 Å². The van der Waals surface area contributed by atoms with Gasteiger partial charge in [0.05, 0.1) is 12.5 Å². The van der Waals surface area contributed by atoms with Gasteiger partial charge in [-0.15, -0.1) is 0 Å². The molecule has 0 heterocycles. The van der Waals surface area contributed by atoms with Crippen molar-refractivity contribution in [3.05, 3.63) is 12.2 Å². The van der Waals surface area contributed by atoms with Gasteiger partial charge in [0.2, 0.25) is 0 Å². The lowest BCUT2D eigenvalue weighted by atomic mass is 9.94. The second-order valence-corrected chi connectivity index (χ2v) is 8.30. The molecule has 3 unspecified atom stereocenters. The van der Waals surface area contributed by atoms with E-state index in [4.69, 9.17) is 0 Å². The highest BCUT2D eigenvalue weighted by atomic mass is 16.4. The van der Waals surface area contributed by atoms with Gasteiger partial charge in [0.25, 0.3) is 0 Å². The zero-order valence-corrected chi connectivity index (χ0v) is 19.8. The number of unbranched alkanes of at least 4 members (excludes halogenated alkanes) is 6. The molecule has 0 spiro atoms. The summed E-state index contributed by atoms with van der Waals surface area (Å²) >= 11 is 0. The number of carboxylic acid groups (broad SMARTS) is 3. The van der Waals surface area contributed by atoms with Crippen LogP contribution in [-0.2, 0) is 14.4 Å². The molecular formula is C24H43NO6. The van der Waals surface area contributed by atoms with Crippen LogP contribution in [-0.4, -0.2) is 57.3 Å². The van der Waals surface area contributed by atoms with Gasteiger partial charge in [0.15, 0.2) is 12.1 Å². The minimum atomic E-state index is -1.37. The smallest absolute Gasteiger partial charge is 0.362 e. The molecule has 0 aliphatic heterocycles. The molecule has 7 heteroatoms. The maximum atomic E-state index is 12.1. The number of aliphatic carboxylic acids is 3. The number of carboxylic acids is 3. The minimum absolute atomic E-state index is 0.125. The Kier molecular flexibility index (Phi) is 14.9. The van der Waals surface area contributed by atoms with E-state index in [1.54, 1.807) is 20.8 Å². The first-order chi connectivity index (χ1) is 14.7. The summed E-state index contributed by atoms with van der Waals surface area (Å²) in [5.74, 6) is -3.68. The first-order valence-electron chi connectivity index (χ1n) is 11.9. The number of carbonyl (C=O) groups is 3. The molecule has 0 aromatic carbocycles. The summed E-state index contributed by atoms with van der Waals surface area (Å²) in [4.78, 5) is 36.3. The molecule has 0 saturated carbocycles. The Morgan fingerprint density at radius 3 is 1.61 bits per heavy atom. The fourth-order valence-corrected chi connectivity index (χ4v) is 4.84. The maximum Gasteiger partial charge on any atom is 0.362 e. The van der Waals surface area contributed by atoms with Crippen molar-refractivity contribution >= 4 is 17.9 Å². The predicted octanol–water partition coefficient (Wildman–Crippen LogP) is 3.76. The molecule has 7 nitrogen and oxygen atoms in total. The molecule has 0 aliphatic rings. The van der Waals surface area contributed by atoms with Crippen LogP contribution < -0.4 is 5.11 Å². The van der Waals surface area contributed by atoms with Gasteiger partial charge in [-0.3, -0.25) is 4.48 Å². The Morgan fingerprint density at radius 2 is 1.19 bits per heavy atom. The average molecular weight is 442 g/mol. The SMILES string of the molecule is CCC/C=C/CCCCCCC[N+](C(CC)C(=O)[O-])(C(CC)C(=O)O)C(CC)C(=O)O. The number of hydrogen-bond donors (Lipinski definition) is 2. The summed E-state index contributed by atoms with van der Waals surface area (Å²) in [6.07, 6.45) is 12.6. The first-order valence-corrected chi connectivity index (χ1v) is 11.9. The summed E-state index contributed by atoms with van der Waals surface area (Å²) in [6, 6.07) is -3.38. The molecule has 0 amide bonds. The molecular weight excluding hydrogens is 398 g/mol. The van der Waals surface area contributed by atoms with Crippen molar-refractivity contribution in [2.45, 2.75) is 116 Å². The number of rotatable bonds is 19. The van der Waals surface area contributed by atoms with Crippen LogP contribution in [0.3, 0.4) is 0 Å². The van der Waals surface area contributed by atoms with Crippen LogP contribution in [0.25, 0.3) is 0 Å². The highest BCUT2D eigenvalue weighted by Crippen LogP contribution is 2.32. The lowest BCUT2D eigenvalue weighted by Gasteiger charge is -2.51. The maximum absolute atomic E-state index is 12.1. The van der Waals surface area contributed by atoms with E-state index in [0.29, 0.717) is 6.42 Å². The van der Waals surface area contributed by atoms with E-state index in [2.05, 4.69) is 19.1 Å². The summed E-state index contributed by atoms with van der Waals surface area (Å²) < 4.78 is -0.476. The monoisotopic (exact) mass is 441 g/mol. The predicted molar refractivity (Wildman–Crippen MR) is 119 cm³/mol. The first kappa shape index (κ1) is 29.1. The average Bonchev–Trinajstić information content (AvgIpc) is 2.69. The van der Waals surface area contributed by atoms with E-state index in [9.17, 15) is 29.7 Å². The van der Waals surface area contributed by atoms with Gasteiger partial charge in [0, 0.05) is 19.3 Å². The van der Waals surface area contributed by atoms with E-state index < -0.39 is 40.5 Å². The van der Waals surface area contributed by atoms with E-state index >= 15 is 0 Å². The molecule has 0 saturated heterocycles. The fraction of sp³-hybridized carbons (Fsp3) is 0.792. The van der Waals surface area contributed by atoms with Crippen LogP contribution in [0, 0.1) is 0 Å². The van der Waals surface area contributed by atoms with Gasteiger partial charge in [-0.1, -0.05) is 59.1 Å². The zero-order chi connectivity index (χ0) is 23.9. The van der Waals surface area contributed by atoms with Crippen molar-refractivity contribution in [2.75, 3.05) is 6.54 Å². The summed E-state index contributed by atoms with van der Waals surface area (Å²) in [7, 11) is 0. The van der Waals surface area contributed by atoms with Gasteiger partial charge >= 0.3 is 11.9 Å².